The summed E-state index contributed by atoms with van der Waals surface area (Å²) in [6.45, 7) is 19.4. The summed E-state index contributed by atoms with van der Waals surface area (Å²) >= 11 is 0. The number of nitrogens with two attached hydrogens (primary N) is 1. The summed E-state index contributed by atoms with van der Waals surface area (Å²) in [5, 5.41) is 2.93. The van der Waals surface area contributed by atoms with Crippen molar-refractivity contribution in [2.75, 3.05) is 11.9 Å². The number of hydrogen-bond donors (Lipinski definition) is 2. The molecule has 6 rings (SSSR count). The monoisotopic (exact) mass is 632 g/mol. The van der Waals surface area contributed by atoms with Gasteiger partial charge in [0.2, 0.25) is 0 Å². The third kappa shape index (κ3) is 4.92. The Kier molecular flexibility index (Phi) is 8.20. The lowest BCUT2D eigenvalue weighted by Gasteiger charge is -2.73. The van der Waals surface area contributed by atoms with Gasteiger partial charge in [-0.15, -0.1) is 0 Å². The predicted octanol–water partition coefficient (Wildman–Crippen LogP) is 8.29. The van der Waals surface area contributed by atoms with Gasteiger partial charge in [0.1, 0.15) is 6.10 Å². The summed E-state index contributed by atoms with van der Waals surface area (Å²) in [4.78, 5) is 36.8. The molecule has 7 nitrogen and oxygen atoms in total. The van der Waals surface area contributed by atoms with Crippen LogP contribution in [0.3, 0.4) is 0 Å². The van der Waals surface area contributed by atoms with Crippen LogP contribution in [-0.4, -0.2) is 30.7 Å². The molecule has 5 fully saturated rings. The van der Waals surface area contributed by atoms with Gasteiger partial charge in [-0.25, -0.2) is 9.59 Å². The van der Waals surface area contributed by atoms with Crippen LogP contribution in [0.4, 0.5) is 10.5 Å². The number of fused-ring (bicyclic) bond motifs is 7. The van der Waals surface area contributed by atoms with Crippen LogP contribution in [0.2, 0.25) is 0 Å². The van der Waals surface area contributed by atoms with E-state index < -0.39 is 11.9 Å². The largest absolute Gasteiger partial charge is 0.455 e. The zero-order valence-corrected chi connectivity index (χ0v) is 29.0. The van der Waals surface area contributed by atoms with Crippen molar-refractivity contribution >= 4 is 23.7 Å². The quantitative estimate of drug-likeness (QED) is 0.193. The molecule has 1 aromatic carbocycles. The van der Waals surface area contributed by atoms with Crippen molar-refractivity contribution in [2.24, 2.45) is 62.4 Å². The van der Waals surface area contributed by atoms with Crippen LogP contribution < -0.4 is 11.1 Å². The molecule has 7 heteroatoms. The first kappa shape index (κ1) is 33.1. The van der Waals surface area contributed by atoms with E-state index in [1.165, 1.54) is 18.4 Å². The molecular weight excluding hydrogens is 576 g/mol. The second-order valence-corrected chi connectivity index (χ2v) is 17.2. The number of nitrogens with one attached hydrogen (secondary N) is 1. The first-order chi connectivity index (χ1) is 21.6. The van der Waals surface area contributed by atoms with E-state index in [0.717, 1.165) is 57.1 Å². The fourth-order valence-corrected chi connectivity index (χ4v) is 12.8. The molecule has 46 heavy (non-hydrogen) atoms. The van der Waals surface area contributed by atoms with Crippen molar-refractivity contribution in [3.8, 4) is 0 Å². The van der Waals surface area contributed by atoms with E-state index in [-0.39, 0.29) is 39.3 Å². The number of esters is 1. The number of primary amides is 1. The lowest BCUT2D eigenvalue weighted by atomic mass is 9.32. The van der Waals surface area contributed by atoms with Gasteiger partial charge in [-0.1, -0.05) is 65.0 Å². The number of hydrogen-bond acceptors (Lipinski definition) is 5. The van der Waals surface area contributed by atoms with Gasteiger partial charge in [0.05, 0.1) is 6.61 Å². The topological polar surface area (TPSA) is 108 Å². The van der Waals surface area contributed by atoms with Crippen LogP contribution in [0, 0.1) is 56.7 Å². The number of benzene rings is 1. The highest BCUT2D eigenvalue weighted by Gasteiger charge is 2.71. The molecule has 0 heterocycles. The minimum absolute atomic E-state index is 0.0174. The first-order valence-corrected chi connectivity index (χ1v) is 17.7. The molecule has 5 saturated carbocycles. The smallest absolute Gasteiger partial charge is 0.411 e. The van der Waals surface area contributed by atoms with E-state index in [1.54, 1.807) is 0 Å². The van der Waals surface area contributed by atoms with Gasteiger partial charge in [0.25, 0.3) is 0 Å². The molecule has 2 amide bonds. The maximum absolute atomic E-state index is 13.0. The van der Waals surface area contributed by atoms with Gasteiger partial charge in [-0.2, -0.15) is 0 Å². The number of carbonyl (C=O) groups is 3. The fraction of sp³-hybridized carbons (Fsp3) is 0.718. The van der Waals surface area contributed by atoms with Gasteiger partial charge in [0.15, 0.2) is 0 Å². The van der Waals surface area contributed by atoms with Crippen molar-refractivity contribution in [3.05, 3.63) is 42.5 Å². The van der Waals surface area contributed by atoms with E-state index in [2.05, 4.69) is 53.4 Å². The molecule has 1 aromatic rings. The second kappa shape index (κ2) is 11.4. The zero-order valence-electron chi connectivity index (χ0n) is 29.0. The Morgan fingerprint density at radius 1 is 0.870 bits per heavy atom. The van der Waals surface area contributed by atoms with Crippen molar-refractivity contribution < 1.29 is 23.9 Å². The fourth-order valence-electron chi connectivity index (χ4n) is 12.8. The minimum Gasteiger partial charge on any atom is -0.455 e. The molecule has 0 saturated heterocycles. The Hall–Kier alpha value is -2.83. The van der Waals surface area contributed by atoms with Crippen LogP contribution in [0.25, 0.3) is 0 Å². The summed E-state index contributed by atoms with van der Waals surface area (Å²) in [7, 11) is 0. The molecule has 0 aromatic heterocycles. The normalized spacial score (nSPS) is 42.3. The molecule has 5 aliphatic carbocycles. The molecule has 0 bridgehead atoms. The Bertz CT molecular complexity index is 1390. The standard InChI is InChI=1S/C39H56N2O5/c1-24(2)26-15-20-39(23-45-34(44)41-25-11-9-8-10-12-25)22-21-37(6)27(31(26)39)13-14-29-36(5)18-17-30(46-33(43)32(40)42)35(3,4)28(36)16-19-38(29,37)7/h8-12,26-31H,1,13-23H2,2-7H3,(H2,40,42)(H,41,44)/t26-,27+,28-,29+,30-,31+,36-,37+,38+,39+/m0/s1. The molecule has 0 spiro atoms. The van der Waals surface area contributed by atoms with E-state index in [4.69, 9.17) is 15.2 Å². The van der Waals surface area contributed by atoms with Crippen LogP contribution in [-0.2, 0) is 19.1 Å². The van der Waals surface area contributed by atoms with Crippen LogP contribution in [0.5, 0.6) is 0 Å². The first-order valence-electron chi connectivity index (χ1n) is 17.7. The van der Waals surface area contributed by atoms with Crippen LogP contribution >= 0.6 is 0 Å². The maximum atomic E-state index is 13.0. The van der Waals surface area contributed by atoms with E-state index in [0.29, 0.717) is 36.2 Å². The Balaban J connectivity index is 1.26. The van der Waals surface area contributed by atoms with Gasteiger partial charge < -0.3 is 15.2 Å². The number of para-hydroxylation sites is 1. The molecule has 0 radical (unpaired) electrons. The van der Waals surface area contributed by atoms with Gasteiger partial charge >= 0.3 is 18.0 Å². The molecule has 252 valence electrons. The van der Waals surface area contributed by atoms with E-state index >= 15 is 0 Å². The summed E-state index contributed by atoms with van der Waals surface area (Å²) < 4.78 is 11.8. The predicted molar refractivity (Wildman–Crippen MR) is 179 cm³/mol. The molecule has 10 atom stereocenters. The number of ether oxygens (including phenoxy) is 2. The van der Waals surface area contributed by atoms with Crippen molar-refractivity contribution in [2.45, 2.75) is 112 Å². The van der Waals surface area contributed by atoms with Gasteiger partial charge in [-0.3, -0.25) is 10.1 Å². The Morgan fingerprint density at radius 2 is 1.59 bits per heavy atom. The van der Waals surface area contributed by atoms with Crippen molar-refractivity contribution in [3.63, 3.8) is 0 Å². The van der Waals surface area contributed by atoms with Crippen LogP contribution in [0.15, 0.2) is 42.5 Å². The highest BCUT2D eigenvalue weighted by atomic mass is 16.6. The summed E-state index contributed by atoms with van der Waals surface area (Å²) in [6.07, 6.45) is 10.1. The summed E-state index contributed by atoms with van der Waals surface area (Å²) in [6, 6.07) is 9.54. The number of carbonyl (C=O) groups excluding carboxylic acids is 3. The van der Waals surface area contributed by atoms with Crippen molar-refractivity contribution in [1.82, 2.24) is 0 Å². The molecule has 0 aliphatic heterocycles. The lowest BCUT2D eigenvalue weighted by Crippen LogP contribution is -2.67. The number of amides is 2. The number of rotatable bonds is 5. The molecular formula is C39H56N2O5. The Morgan fingerprint density at radius 3 is 2.26 bits per heavy atom. The second-order valence-electron chi connectivity index (χ2n) is 17.2. The number of anilines is 1. The summed E-state index contributed by atoms with van der Waals surface area (Å²) in [5.41, 5.74) is 7.51. The molecule has 5 aliphatic rings. The average molecular weight is 633 g/mol. The third-order valence-electron chi connectivity index (χ3n) is 15.1. The number of allylic oxidation sites excluding steroid dienone is 1. The maximum Gasteiger partial charge on any atom is 0.411 e. The molecule has 0 unspecified atom stereocenters. The van der Waals surface area contributed by atoms with Gasteiger partial charge in [-0.05, 0) is 129 Å². The van der Waals surface area contributed by atoms with E-state index in [9.17, 15) is 14.4 Å². The Labute approximate surface area is 275 Å². The van der Waals surface area contributed by atoms with Gasteiger partial charge in [0, 0.05) is 16.5 Å². The summed E-state index contributed by atoms with van der Waals surface area (Å²) in [5.74, 6) is 0.495. The van der Waals surface area contributed by atoms with Crippen molar-refractivity contribution in [1.29, 1.82) is 0 Å². The molecule has 3 N–H and O–H groups in total. The zero-order chi connectivity index (χ0) is 33.3. The SMILES string of the molecule is C=C(C)[C@@H]1CC[C@]2(COC(=O)Nc3ccccc3)CC[C@]3(C)[C@H](CC[C@@H]4[C@@]5(C)CC[C@H](OC(=O)C(N)=O)C(C)(C)[C@@H]5CC[C@]43C)[C@@H]12. The minimum atomic E-state index is -1.01. The van der Waals surface area contributed by atoms with E-state index in [1.807, 2.05) is 30.3 Å². The highest BCUT2D eigenvalue weighted by molar-refractivity contribution is 6.31. The lowest BCUT2D eigenvalue weighted by molar-refractivity contribution is -0.251. The average Bonchev–Trinajstić information content (AvgIpc) is 3.39. The highest BCUT2D eigenvalue weighted by Crippen LogP contribution is 2.77. The van der Waals surface area contributed by atoms with Crippen LogP contribution in [0.1, 0.15) is 106 Å². The third-order valence-corrected chi connectivity index (χ3v) is 15.1.